The van der Waals surface area contributed by atoms with Gasteiger partial charge in [0.1, 0.15) is 0 Å². The maximum atomic E-state index is 12.6. The van der Waals surface area contributed by atoms with Crippen LogP contribution in [0.4, 0.5) is 8.78 Å². The summed E-state index contributed by atoms with van der Waals surface area (Å²) in [6.07, 6.45) is -2.72. The molecule has 7 heteroatoms. The molecule has 0 aliphatic carbocycles. The standard InChI is InChI=1S/C9H7BrClF2NO2/c1-16-9(15)7-6(10)5(8(12)13)2-4(3-11)14-7/h2,8H,3H2,1H3. The lowest BCUT2D eigenvalue weighted by molar-refractivity contribution is 0.0592. The Morgan fingerprint density at radius 1 is 1.69 bits per heavy atom. The topological polar surface area (TPSA) is 39.2 Å². The number of aromatic nitrogens is 1. The third-order valence-electron chi connectivity index (χ3n) is 1.79. The Hall–Kier alpha value is -0.750. The molecule has 0 N–H and O–H groups in total. The Morgan fingerprint density at radius 3 is 2.75 bits per heavy atom. The summed E-state index contributed by atoms with van der Waals surface area (Å²) >= 11 is 8.40. The molecule has 0 unspecified atom stereocenters. The summed E-state index contributed by atoms with van der Waals surface area (Å²) in [5.41, 5.74) is -0.331. The lowest BCUT2D eigenvalue weighted by Crippen LogP contribution is -2.09. The van der Waals surface area contributed by atoms with Crippen LogP contribution < -0.4 is 0 Å². The van der Waals surface area contributed by atoms with E-state index in [1.54, 1.807) is 0 Å². The van der Waals surface area contributed by atoms with E-state index in [9.17, 15) is 13.6 Å². The molecule has 0 atom stereocenters. The van der Waals surface area contributed by atoms with Crippen molar-refractivity contribution in [3.05, 3.63) is 27.5 Å². The Morgan fingerprint density at radius 2 is 2.31 bits per heavy atom. The van der Waals surface area contributed by atoms with Crippen LogP contribution in [0.3, 0.4) is 0 Å². The fourth-order valence-corrected chi connectivity index (χ4v) is 1.74. The van der Waals surface area contributed by atoms with E-state index in [2.05, 4.69) is 25.7 Å². The predicted octanol–water partition coefficient (Wildman–Crippen LogP) is 3.31. The number of carbonyl (C=O) groups is 1. The summed E-state index contributed by atoms with van der Waals surface area (Å²) in [5, 5.41) is 0. The summed E-state index contributed by atoms with van der Waals surface area (Å²) in [6.45, 7) is 0. The number of hydrogen-bond donors (Lipinski definition) is 0. The number of rotatable bonds is 3. The third-order valence-corrected chi connectivity index (χ3v) is 2.90. The Labute approximate surface area is 104 Å². The molecule has 0 saturated carbocycles. The number of halogens is 4. The molecule has 1 aromatic rings. The van der Waals surface area contributed by atoms with Crippen LogP contribution in [0.5, 0.6) is 0 Å². The van der Waals surface area contributed by atoms with Crippen molar-refractivity contribution in [1.29, 1.82) is 0 Å². The monoisotopic (exact) mass is 313 g/mol. The van der Waals surface area contributed by atoms with Crippen LogP contribution in [0.2, 0.25) is 0 Å². The number of alkyl halides is 3. The van der Waals surface area contributed by atoms with Crippen molar-refractivity contribution < 1.29 is 18.3 Å². The lowest BCUT2D eigenvalue weighted by Gasteiger charge is -2.09. The molecule has 0 aliphatic rings. The SMILES string of the molecule is COC(=O)c1nc(CCl)cc(C(F)F)c1Br. The first-order chi connectivity index (χ1) is 7.51. The predicted molar refractivity (Wildman–Crippen MR) is 57.8 cm³/mol. The van der Waals surface area contributed by atoms with Crippen molar-refractivity contribution in [3.8, 4) is 0 Å². The molecule has 0 bridgehead atoms. The van der Waals surface area contributed by atoms with Crippen LogP contribution in [-0.4, -0.2) is 18.1 Å². The van der Waals surface area contributed by atoms with Crippen LogP contribution in [0.15, 0.2) is 10.5 Å². The number of carbonyl (C=O) groups excluding carboxylic acids is 1. The molecule has 88 valence electrons. The second kappa shape index (κ2) is 5.54. The number of methoxy groups -OCH3 is 1. The van der Waals surface area contributed by atoms with E-state index >= 15 is 0 Å². The smallest absolute Gasteiger partial charge is 0.357 e. The van der Waals surface area contributed by atoms with Gasteiger partial charge in [-0.2, -0.15) is 0 Å². The first-order valence-corrected chi connectivity index (χ1v) is 5.45. The van der Waals surface area contributed by atoms with E-state index in [0.29, 0.717) is 0 Å². The Kier molecular flexibility index (Phi) is 4.61. The van der Waals surface area contributed by atoms with Gasteiger partial charge >= 0.3 is 5.97 Å². The molecule has 0 aromatic carbocycles. The minimum atomic E-state index is -2.72. The van der Waals surface area contributed by atoms with Crippen molar-refractivity contribution >= 4 is 33.5 Å². The van der Waals surface area contributed by atoms with Crippen molar-refractivity contribution in [3.63, 3.8) is 0 Å². The van der Waals surface area contributed by atoms with Gasteiger partial charge in [-0.3, -0.25) is 0 Å². The van der Waals surface area contributed by atoms with Crippen LogP contribution in [0, 0.1) is 0 Å². The average molecular weight is 315 g/mol. The van der Waals surface area contributed by atoms with Gasteiger partial charge in [0.2, 0.25) is 0 Å². The second-order valence-corrected chi connectivity index (χ2v) is 3.85. The maximum absolute atomic E-state index is 12.6. The molecule has 0 amide bonds. The fraction of sp³-hybridized carbons (Fsp3) is 0.333. The highest BCUT2D eigenvalue weighted by Gasteiger charge is 2.21. The third kappa shape index (κ3) is 2.68. The van der Waals surface area contributed by atoms with E-state index in [-0.39, 0.29) is 27.3 Å². The molecular formula is C9H7BrClF2NO2. The van der Waals surface area contributed by atoms with Gasteiger partial charge < -0.3 is 4.74 Å². The van der Waals surface area contributed by atoms with E-state index in [1.165, 1.54) is 0 Å². The van der Waals surface area contributed by atoms with Crippen molar-refractivity contribution in [2.24, 2.45) is 0 Å². The molecule has 1 heterocycles. The molecule has 0 aliphatic heterocycles. The van der Waals surface area contributed by atoms with E-state index < -0.39 is 12.4 Å². The van der Waals surface area contributed by atoms with Crippen molar-refractivity contribution in [2.75, 3.05) is 7.11 Å². The molecule has 0 spiro atoms. The van der Waals surface area contributed by atoms with E-state index in [0.717, 1.165) is 13.2 Å². The zero-order valence-electron chi connectivity index (χ0n) is 8.14. The van der Waals surface area contributed by atoms with E-state index in [4.69, 9.17) is 11.6 Å². The maximum Gasteiger partial charge on any atom is 0.357 e. The number of pyridine rings is 1. The van der Waals surface area contributed by atoms with Crippen LogP contribution >= 0.6 is 27.5 Å². The molecule has 0 saturated heterocycles. The molecule has 0 fully saturated rings. The van der Waals surface area contributed by atoms with Gasteiger partial charge in [0.25, 0.3) is 6.43 Å². The van der Waals surface area contributed by atoms with Gasteiger partial charge in [-0.1, -0.05) is 0 Å². The summed E-state index contributed by atoms with van der Waals surface area (Å²) in [7, 11) is 1.14. The number of hydrogen-bond acceptors (Lipinski definition) is 3. The quantitative estimate of drug-likeness (QED) is 0.635. The molecule has 3 nitrogen and oxygen atoms in total. The molecule has 0 radical (unpaired) electrons. The molecule has 1 rings (SSSR count). The summed E-state index contributed by atoms with van der Waals surface area (Å²) in [5.74, 6) is -0.850. The normalized spacial score (nSPS) is 10.6. The van der Waals surface area contributed by atoms with Crippen molar-refractivity contribution in [2.45, 2.75) is 12.3 Å². The minimum Gasteiger partial charge on any atom is -0.464 e. The number of nitrogens with zero attached hydrogens (tertiary/aromatic N) is 1. The summed E-state index contributed by atoms with van der Waals surface area (Å²) in [4.78, 5) is 15.1. The van der Waals surface area contributed by atoms with Gasteiger partial charge in [0.05, 0.1) is 23.2 Å². The van der Waals surface area contributed by atoms with Crippen LogP contribution in [-0.2, 0) is 10.6 Å². The summed E-state index contributed by atoms with van der Waals surface area (Å²) < 4.78 is 29.6. The Balaban J connectivity index is 3.37. The van der Waals surface area contributed by atoms with Crippen molar-refractivity contribution in [1.82, 2.24) is 4.98 Å². The number of ether oxygens (including phenoxy) is 1. The minimum absolute atomic E-state index is 0.0585. The lowest BCUT2D eigenvalue weighted by atomic mass is 10.2. The number of esters is 1. The zero-order valence-corrected chi connectivity index (χ0v) is 10.5. The largest absolute Gasteiger partial charge is 0.464 e. The highest BCUT2D eigenvalue weighted by Crippen LogP contribution is 2.30. The molecule has 16 heavy (non-hydrogen) atoms. The highest BCUT2D eigenvalue weighted by molar-refractivity contribution is 9.10. The zero-order chi connectivity index (χ0) is 12.3. The van der Waals surface area contributed by atoms with Gasteiger partial charge in [0, 0.05) is 5.56 Å². The average Bonchev–Trinajstić information content (AvgIpc) is 2.28. The van der Waals surface area contributed by atoms with Gasteiger partial charge in [-0.25, -0.2) is 18.6 Å². The van der Waals surface area contributed by atoms with Gasteiger partial charge in [-0.05, 0) is 22.0 Å². The second-order valence-electron chi connectivity index (χ2n) is 2.79. The first kappa shape index (κ1) is 13.3. The first-order valence-electron chi connectivity index (χ1n) is 4.13. The fourth-order valence-electron chi connectivity index (χ4n) is 1.06. The van der Waals surface area contributed by atoms with Crippen LogP contribution in [0.25, 0.3) is 0 Å². The van der Waals surface area contributed by atoms with Crippen LogP contribution in [0.1, 0.15) is 28.2 Å². The van der Waals surface area contributed by atoms with E-state index in [1.807, 2.05) is 0 Å². The van der Waals surface area contributed by atoms with Gasteiger partial charge in [0.15, 0.2) is 5.69 Å². The highest BCUT2D eigenvalue weighted by atomic mass is 79.9. The molecule has 1 aromatic heterocycles. The molecular weight excluding hydrogens is 307 g/mol. The Bertz CT molecular complexity index is 415. The summed E-state index contributed by atoms with van der Waals surface area (Å²) in [6, 6.07) is 1.15. The van der Waals surface area contributed by atoms with Gasteiger partial charge in [-0.15, -0.1) is 11.6 Å².